The van der Waals surface area contributed by atoms with E-state index in [4.69, 9.17) is 37.4 Å². The van der Waals surface area contributed by atoms with Crippen LogP contribution in [0.15, 0.2) is 36.4 Å². The third-order valence-corrected chi connectivity index (χ3v) is 4.30. The third kappa shape index (κ3) is 5.07. The molecule has 0 aliphatic rings. The molecule has 2 rings (SSSR count). The summed E-state index contributed by atoms with van der Waals surface area (Å²) in [6.45, 7) is 0.307. The molecule has 0 saturated carbocycles. The van der Waals surface area contributed by atoms with E-state index in [1.165, 1.54) is 13.2 Å². The van der Waals surface area contributed by atoms with Crippen molar-refractivity contribution < 1.29 is 19.0 Å². The molecular weight excluding hydrogens is 377 g/mol. The molecule has 0 bridgehead atoms. The van der Waals surface area contributed by atoms with Crippen molar-refractivity contribution in [2.75, 3.05) is 21.3 Å². The lowest BCUT2D eigenvalue weighted by molar-refractivity contribution is -0.116. The average molecular weight is 396 g/mol. The van der Waals surface area contributed by atoms with E-state index in [-0.39, 0.29) is 5.91 Å². The molecule has 2 aromatic carbocycles. The number of hydrogen-bond donors (Lipinski definition) is 1. The highest BCUT2D eigenvalue weighted by molar-refractivity contribution is 6.42. The van der Waals surface area contributed by atoms with E-state index in [0.717, 1.165) is 11.1 Å². The fraction of sp³-hybridized carbons (Fsp3) is 0.211. The minimum atomic E-state index is -0.246. The number of benzene rings is 2. The van der Waals surface area contributed by atoms with Crippen LogP contribution in [-0.4, -0.2) is 27.2 Å². The minimum absolute atomic E-state index is 0.246. The van der Waals surface area contributed by atoms with Gasteiger partial charge in [-0.25, -0.2) is 0 Å². The number of nitrogens with one attached hydrogen (secondary N) is 1. The number of carbonyl (C=O) groups is 1. The maximum absolute atomic E-state index is 12.0. The zero-order valence-electron chi connectivity index (χ0n) is 14.6. The molecule has 5 nitrogen and oxygen atoms in total. The molecule has 2 aromatic rings. The average Bonchev–Trinajstić information content (AvgIpc) is 2.66. The quantitative estimate of drug-likeness (QED) is 0.708. The lowest BCUT2D eigenvalue weighted by Gasteiger charge is -2.14. The fourth-order valence-corrected chi connectivity index (χ4v) is 2.58. The van der Waals surface area contributed by atoms with Gasteiger partial charge < -0.3 is 19.5 Å². The summed E-state index contributed by atoms with van der Waals surface area (Å²) < 4.78 is 15.9. The Morgan fingerprint density at radius 2 is 1.65 bits per heavy atom. The monoisotopic (exact) mass is 395 g/mol. The Bertz CT molecular complexity index is 796. The molecule has 0 saturated heterocycles. The van der Waals surface area contributed by atoms with Crippen LogP contribution in [0.4, 0.5) is 0 Å². The normalized spacial score (nSPS) is 10.7. The molecule has 0 aliphatic heterocycles. The van der Waals surface area contributed by atoms with Gasteiger partial charge in [-0.2, -0.15) is 0 Å². The fourth-order valence-electron chi connectivity index (χ4n) is 2.27. The molecule has 0 spiro atoms. The smallest absolute Gasteiger partial charge is 0.244 e. The van der Waals surface area contributed by atoms with Crippen molar-refractivity contribution in [3.8, 4) is 17.2 Å². The first-order valence-electron chi connectivity index (χ1n) is 7.68. The van der Waals surface area contributed by atoms with Crippen molar-refractivity contribution in [1.29, 1.82) is 0 Å². The number of ether oxygens (including phenoxy) is 3. The van der Waals surface area contributed by atoms with Crippen LogP contribution in [0, 0.1) is 0 Å². The number of hydrogen-bond acceptors (Lipinski definition) is 4. The summed E-state index contributed by atoms with van der Waals surface area (Å²) >= 11 is 11.8. The minimum Gasteiger partial charge on any atom is -0.493 e. The van der Waals surface area contributed by atoms with Crippen LogP contribution < -0.4 is 19.5 Å². The maximum Gasteiger partial charge on any atom is 0.244 e. The molecule has 138 valence electrons. The van der Waals surface area contributed by atoms with Crippen LogP contribution in [0.25, 0.3) is 6.08 Å². The highest BCUT2D eigenvalue weighted by atomic mass is 35.5. The van der Waals surface area contributed by atoms with E-state index < -0.39 is 0 Å². The third-order valence-electron chi connectivity index (χ3n) is 3.56. The van der Waals surface area contributed by atoms with Crippen molar-refractivity contribution in [1.82, 2.24) is 5.32 Å². The van der Waals surface area contributed by atoms with Crippen molar-refractivity contribution in [3.63, 3.8) is 0 Å². The molecule has 0 aromatic heterocycles. The number of carbonyl (C=O) groups excluding carboxylic acids is 1. The summed E-state index contributed by atoms with van der Waals surface area (Å²) in [5.74, 6) is 1.32. The largest absolute Gasteiger partial charge is 0.493 e. The first-order chi connectivity index (χ1) is 12.5. The lowest BCUT2D eigenvalue weighted by Crippen LogP contribution is -2.20. The Balaban J connectivity index is 2.04. The van der Waals surface area contributed by atoms with Gasteiger partial charge in [0.15, 0.2) is 11.5 Å². The summed E-state index contributed by atoms with van der Waals surface area (Å²) in [5.41, 5.74) is 1.60. The maximum atomic E-state index is 12.0. The molecule has 0 aliphatic carbocycles. The van der Waals surface area contributed by atoms with Gasteiger partial charge in [-0.05, 0) is 41.5 Å². The Morgan fingerprint density at radius 1 is 1.00 bits per heavy atom. The van der Waals surface area contributed by atoms with Crippen LogP contribution in [-0.2, 0) is 11.3 Å². The second-order valence-corrected chi connectivity index (χ2v) is 6.07. The van der Waals surface area contributed by atoms with Crippen LogP contribution in [0.2, 0.25) is 10.0 Å². The Hall–Kier alpha value is -2.37. The molecule has 1 amide bonds. The van der Waals surface area contributed by atoms with Crippen molar-refractivity contribution in [3.05, 3.63) is 57.6 Å². The van der Waals surface area contributed by atoms with Gasteiger partial charge in [-0.15, -0.1) is 0 Å². The SMILES string of the molecule is COc1cc(CNC(=O)/C=C/c2ccc(Cl)c(Cl)c2)cc(OC)c1OC. The number of methoxy groups -OCH3 is 3. The molecule has 0 unspecified atom stereocenters. The zero-order chi connectivity index (χ0) is 19.1. The predicted molar refractivity (Wildman–Crippen MR) is 103 cm³/mol. The van der Waals surface area contributed by atoms with Crippen molar-refractivity contribution in [2.24, 2.45) is 0 Å². The van der Waals surface area contributed by atoms with E-state index in [1.54, 1.807) is 50.6 Å². The zero-order valence-corrected chi connectivity index (χ0v) is 16.1. The molecule has 26 heavy (non-hydrogen) atoms. The van der Waals surface area contributed by atoms with E-state index >= 15 is 0 Å². The van der Waals surface area contributed by atoms with Crippen LogP contribution >= 0.6 is 23.2 Å². The Morgan fingerprint density at radius 3 is 2.19 bits per heavy atom. The van der Waals surface area contributed by atoms with E-state index in [1.807, 2.05) is 0 Å². The topological polar surface area (TPSA) is 56.8 Å². The van der Waals surface area contributed by atoms with Gasteiger partial charge in [-0.1, -0.05) is 29.3 Å². The van der Waals surface area contributed by atoms with Crippen LogP contribution in [0.3, 0.4) is 0 Å². The molecule has 0 radical (unpaired) electrons. The summed E-state index contributed by atoms with van der Waals surface area (Å²) in [6, 6.07) is 8.70. The van der Waals surface area contributed by atoms with E-state index in [2.05, 4.69) is 5.32 Å². The molecule has 0 atom stereocenters. The van der Waals surface area contributed by atoms with Gasteiger partial charge in [0, 0.05) is 12.6 Å². The van der Waals surface area contributed by atoms with Crippen LogP contribution in [0.5, 0.6) is 17.2 Å². The summed E-state index contributed by atoms with van der Waals surface area (Å²) in [6.07, 6.45) is 3.09. The van der Waals surface area contributed by atoms with Gasteiger partial charge in [0.1, 0.15) is 0 Å². The molecule has 1 N–H and O–H groups in total. The summed E-state index contributed by atoms with van der Waals surface area (Å²) in [7, 11) is 4.62. The Labute approximate surface area is 162 Å². The number of halogens is 2. The first kappa shape index (κ1) is 19.9. The summed E-state index contributed by atoms with van der Waals surface area (Å²) in [4.78, 5) is 12.0. The van der Waals surface area contributed by atoms with Crippen LogP contribution in [0.1, 0.15) is 11.1 Å². The summed E-state index contributed by atoms with van der Waals surface area (Å²) in [5, 5.41) is 3.70. The Kier molecular flexibility index (Phi) is 7.18. The number of rotatable bonds is 7. The number of amides is 1. The van der Waals surface area contributed by atoms with E-state index in [0.29, 0.717) is 33.8 Å². The highest BCUT2D eigenvalue weighted by Gasteiger charge is 2.13. The van der Waals surface area contributed by atoms with Gasteiger partial charge >= 0.3 is 0 Å². The van der Waals surface area contributed by atoms with Gasteiger partial charge in [0.25, 0.3) is 0 Å². The lowest BCUT2D eigenvalue weighted by atomic mass is 10.1. The predicted octanol–water partition coefficient (Wildman–Crippen LogP) is 4.35. The van der Waals surface area contributed by atoms with E-state index in [9.17, 15) is 4.79 Å². The van der Waals surface area contributed by atoms with Gasteiger partial charge in [-0.3, -0.25) is 4.79 Å². The highest BCUT2D eigenvalue weighted by Crippen LogP contribution is 2.38. The standard InChI is InChI=1S/C19H19Cl2NO4/c1-24-16-9-13(10-17(25-2)19(16)26-3)11-22-18(23)7-5-12-4-6-14(20)15(21)8-12/h4-10H,11H2,1-3H3,(H,22,23)/b7-5+. The second kappa shape index (κ2) is 9.36. The molecule has 0 fully saturated rings. The first-order valence-corrected chi connectivity index (χ1v) is 8.44. The molecule has 0 heterocycles. The molecule has 7 heteroatoms. The van der Waals surface area contributed by atoms with Gasteiger partial charge in [0.05, 0.1) is 31.4 Å². The van der Waals surface area contributed by atoms with Gasteiger partial charge in [0.2, 0.25) is 11.7 Å². The van der Waals surface area contributed by atoms with Crippen molar-refractivity contribution >= 4 is 35.2 Å². The second-order valence-electron chi connectivity index (χ2n) is 5.26. The van der Waals surface area contributed by atoms with Crippen molar-refractivity contribution in [2.45, 2.75) is 6.54 Å². The molecular formula is C19H19Cl2NO4.